The van der Waals surface area contributed by atoms with Crippen molar-refractivity contribution in [1.29, 1.82) is 0 Å². The van der Waals surface area contributed by atoms with Gasteiger partial charge in [0.05, 0.1) is 5.92 Å². The lowest BCUT2D eigenvalue weighted by atomic mass is 9.98. The van der Waals surface area contributed by atoms with Crippen molar-refractivity contribution in [3.05, 3.63) is 42.0 Å². The van der Waals surface area contributed by atoms with Crippen molar-refractivity contribution >= 4 is 0 Å². The van der Waals surface area contributed by atoms with Crippen molar-refractivity contribution in [2.75, 3.05) is 6.54 Å². The third-order valence-electron chi connectivity index (χ3n) is 2.59. The minimum atomic E-state index is 0.00750. The summed E-state index contributed by atoms with van der Waals surface area (Å²) in [6, 6.07) is 6.99. The second kappa shape index (κ2) is 4.32. The minimum absolute atomic E-state index is 0.00750. The molecule has 0 bridgehead atoms. The molecular formula is C11H14N4O. The van der Waals surface area contributed by atoms with Gasteiger partial charge < -0.3 is 10.8 Å². The summed E-state index contributed by atoms with van der Waals surface area (Å²) in [5.74, 6) is 1.08. The Bertz CT molecular complexity index is 463. The van der Waals surface area contributed by atoms with Gasteiger partial charge in [-0.1, -0.05) is 12.1 Å². The van der Waals surface area contributed by atoms with Gasteiger partial charge in [0, 0.05) is 13.6 Å². The molecule has 1 heterocycles. The fourth-order valence-corrected chi connectivity index (χ4v) is 1.72. The first kappa shape index (κ1) is 10.6. The molecule has 1 aromatic heterocycles. The number of hydrogen-bond acceptors (Lipinski definition) is 4. The van der Waals surface area contributed by atoms with Gasteiger partial charge in [0.25, 0.3) is 0 Å². The molecule has 0 aliphatic heterocycles. The number of aromatic nitrogens is 3. The van der Waals surface area contributed by atoms with E-state index < -0.39 is 0 Å². The Labute approximate surface area is 93.5 Å². The second-order valence-corrected chi connectivity index (χ2v) is 3.62. The number of phenolic OH excluding ortho intramolecular Hbond substituents is 1. The molecule has 5 heteroatoms. The molecule has 5 nitrogen and oxygen atoms in total. The average molecular weight is 218 g/mol. The van der Waals surface area contributed by atoms with E-state index in [1.54, 1.807) is 16.8 Å². The van der Waals surface area contributed by atoms with E-state index in [-0.39, 0.29) is 11.7 Å². The highest BCUT2D eigenvalue weighted by Gasteiger charge is 2.17. The molecule has 0 fully saturated rings. The zero-order valence-corrected chi connectivity index (χ0v) is 9.04. The van der Waals surface area contributed by atoms with Crippen LogP contribution in [0.2, 0.25) is 0 Å². The summed E-state index contributed by atoms with van der Waals surface area (Å²) in [5, 5.41) is 13.3. The highest BCUT2D eigenvalue weighted by molar-refractivity contribution is 5.31. The number of aryl methyl sites for hydroxylation is 1. The lowest BCUT2D eigenvalue weighted by molar-refractivity contribution is 0.475. The largest absolute Gasteiger partial charge is 0.508 e. The molecule has 0 saturated heterocycles. The molecule has 3 N–H and O–H groups in total. The van der Waals surface area contributed by atoms with Crippen LogP contribution >= 0.6 is 0 Å². The molecule has 0 radical (unpaired) electrons. The van der Waals surface area contributed by atoms with Crippen molar-refractivity contribution in [1.82, 2.24) is 14.8 Å². The minimum Gasteiger partial charge on any atom is -0.508 e. The zero-order chi connectivity index (χ0) is 11.5. The van der Waals surface area contributed by atoms with E-state index in [0.717, 1.165) is 11.4 Å². The van der Waals surface area contributed by atoms with Crippen molar-refractivity contribution in [2.24, 2.45) is 12.8 Å². The summed E-state index contributed by atoms with van der Waals surface area (Å²) in [6.45, 7) is 0.456. The molecule has 2 aromatic rings. The maximum atomic E-state index is 9.23. The summed E-state index contributed by atoms with van der Waals surface area (Å²) >= 11 is 0. The van der Waals surface area contributed by atoms with Crippen LogP contribution in [0.25, 0.3) is 0 Å². The van der Waals surface area contributed by atoms with Gasteiger partial charge in [-0.05, 0) is 17.7 Å². The van der Waals surface area contributed by atoms with Crippen LogP contribution in [0.15, 0.2) is 30.6 Å². The number of nitrogens with zero attached hydrogens (tertiary/aromatic N) is 3. The van der Waals surface area contributed by atoms with Gasteiger partial charge in [0.1, 0.15) is 17.9 Å². The Morgan fingerprint density at radius 1 is 1.38 bits per heavy atom. The summed E-state index contributed by atoms with van der Waals surface area (Å²) < 4.78 is 1.71. The van der Waals surface area contributed by atoms with Crippen LogP contribution in [-0.2, 0) is 7.05 Å². The molecule has 1 atom stereocenters. The SMILES string of the molecule is Cn1ncnc1C(CN)c1ccc(O)cc1. The average Bonchev–Trinajstić information content (AvgIpc) is 2.69. The van der Waals surface area contributed by atoms with Gasteiger partial charge in [-0.2, -0.15) is 5.10 Å². The Hall–Kier alpha value is -1.88. The fraction of sp³-hybridized carbons (Fsp3) is 0.273. The van der Waals surface area contributed by atoms with Gasteiger partial charge in [0.15, 0.2) is 0 Å². The predicted molar refractivity (Wildman–Crippen MR) is 60.0 cm³/mol. The molecular weight excluding hydrogens is 204 g/mol. The normalized spacial score (nSPS) is 12.6. The Kier molecular flexibility index (Phi) is 2.87. The number of aromatic hydroxyl groups is 1. The third kappa shape index (κ3) is 1.90. The summed E-state index contributed by atoms with van der Waals surface area (Å²) in [7, 11) is 1.84. The molecule has 0 aliphatic rings. The summed E-state index contributed by atoms with van der Waals surface area (Å²) in [5.41, 5.74) is 6.78. The number of nitrogens with two attached hydrogens (primary N) is 1. The van der Waals surface area contributed by atoms with E-state index in [9.17, 15) is 5.11 Å². The van der Waals surface area contributed by atoms with Gasteiger partial charge in [-0.15, -0.1) is 0 Å². The first-order chi connectivity index (χ1) is 7.72. The monoisotopic (exact) mass is 218 g/mol. The lowest BCUT2D eigenvalue weighted by Crippen LogP contribution is -2.18. The lowest BCUT2D eigenvalue weighted by Gasteiger charge is -2.14. The van der Waals surface area contributed by atoms with E-state index in [2.05, 4.69) is 10.1 Å². The van der Waals surface area contributed by atoms with Gasteiger partial charge in [0.2, 0.25) is 0 Å². The van der Waals surface area contributed by atoms with Crippen molar-refractivity contribution in [3.8, 4) is 5.75 Å². The molecule has 0 aliphatic carbocycles. The number of phenols is 1. The predicted octanol–water partition coefficient (Wildman–Crippen LogP) is 0.611. The number of hydrogen-bond donors (Lipinski definition) is 2. The van der Waals surface area contributed by atoms with E-state index in [0.29, 0.717) is 6.54 Å². The fourth-order valence-electron chi connectivity index (χ4n) is 1.72. The number of benzene rings is 1. The van der Waals surface area contributed by atoms with Crippen LogP contribution in [0.4, 0.5) is 0 Å². The van der Waals surface area contributed by atoms with Crippen LogP contribution in [0.3, 0.4) is 0 Å². The second-order valence-electron chi connectivity index (χ2n) is 3.62. The standard InChI is InChI=1S/C11H14N4O/c1-15-11(13-7-14-15)10(6-12)8-2-4-9(16)5-3-8/h2-5,7,10,16H,6,12H2,1H3. The number of rotatable bonds is 3. The first-order valence-corrected chi connectivity index (χ1v) is 5.05. The molecule has 0 spiro atoms. The van der Waals surface area contributed by atoms with Gasteiger partial charge >= 0.3 is 0 Å². The summed E-state index contributed by atoms with van der Waals surface area (Å²) in [4.78, 5) is 4.20. The molecule has 1 unspecified atom stereocenters. The van der Waals surface area contributed by atoms with E-state index in [1.165, 1.54) is 6.33 Å². The van der Waals surface area contributed by atoms with Crippen LogP contribution in [-0.4, -0.2) is 26.4 Å². The molecule has 2 rings (SSSR count). The van der Waals surface area contributed by atoms with Crippen LogP contribution in [0, 0.1) is 0 Å². The van der Waals surface area contributed by atoms with Crippen LogP contribution < -0.4 is 5.73 Å². The van der Waals surface area contributed by atoms with Gasteiger partial charge in [-0.3, -0.25) is 4.68 Å². The van der Waals surface area contributed by atoms with Crippen molar-refractivity contribution in [2.45, 2.75) is 5.92 Å². The quantitative estimate of drug-likeness (QED) is 0.791. The molecule has 84 valence electrons. The highest BCUT2D eigenvalue weighted by atomic mass is 16.3. The summed E-state index contributed by atoms with van der Waals surface area (Å²) in [6.07, 6.45) is 1.51. The molecule has 0 amide bonds. The highest BCUT2D eigenvalue weighted by Crippen LogP contribution is 2.22. The van der Waals surface area contributed by atoms with Crippen molar-refractivity contribution in [3.63, 3.8) is 0 Å². The topological polar surface area (TPSA) is 77.0 Å². The zero-order valence-electron chi connectivity index (χ0n) is 9.04. The van der Waals surface area contributed by atoms with E-state index in [4.69, 9.17) is 5.73 Å². The molecule has 16 heavy (non-hydrogen) atoms. The Morgan fingerprint density at radius 2 is 2.06 bits per heavy atom. The maximum absolute atomic E-state index is 9.23. The van der Waals surface area contributed by atoms with Crippen molar-refractivity contribution < 1.29 is 5.11 Å². The third-order valence-corrected chi connectivity index (χ3v) is 2.59. The molecule has 0 saturated carbocycles. The van der Waals surface area contributed by atoms with E-state index in [1.807, 2.05) is 19.2 Å². The smallest absolute Gasteiger partial charge is 0.138 e. The van der Waals surface area contributed by atoms with E-state index >= 15 is 0 Å². The van der Waals surface area contributed by atoms with Crippen LogP contribution in [0.1, 0.15) is 17.3 Å². The Balaban J connectivity index is 2.37. The first-order valence-electron chi connectivity index (χ1n) is 5.05. The molecule has 1 aromatic carbocycles. The Morgan fingerprint density at radius 3 is 2.56 bits per heavy atom. The maximum Gasteiger partial charge on any atom is 0.138 e. The van der Waals surface area contributed by atoms with Gasteiger partial charge in [-0.25, -0.2) is 4.98 Å². The van der Waals surface area contributed by atoms with Crippen LogP contribution in [0.5, 0.6) is 5.75 Å².